The van der Waals surface area contributed by atoms with E-state index in [1.54, 1.807) is 0 Å². The van der Waals surface area contributed by atoms with Crippen LogP contribution in [0.2, 0.25) is 0 Å². The fourth-order valence-corrected chi connectivity index (χ4v) is 0. The Labute approximate surface area is 439 Å². The van der Waals surface area contributed by atoms with E-state index in [1.807, 2.05) is 0 Å². The van der Waals surface area contributed by atoms with Crippen molar-refractivity contribution in [2.24, 2.45) is 0 Å². The summed E-state index contributed by atoms with van der Waals surface area (Å²) in [5.74, 6) is 0. The van der Waals surface area contributed by atoms with Crippen LogP contribution in [0.4, 0.5) is 0 Å². The topological polar surface area (TPSA) is 389 Å². The normalized spacial score (nSPS) is 9.52. The zero-order valence-electron chi connectivity index (χ0n) is 23.0. The molecule has 0 spiro atoms. The molecule has 0 atom stereocenters. The van der Waals surface area contributed by atoms with E-state index in [2.05, 4.69) is 0 Å². The maximum atomic E-state index is 8.88. The summed E-state index contributed by atoms with van der Waals surface area (Å²) in [7, 11) is -23.2. The molecule has 15 N–H and O–H groups in total. The van der Waals surface area contributed by atoms with Crippen LogP contribution in [0.1, 0.15) is 8.56 Å². The average molecular weight is 731 g/mol. The number of rotatable bonds is 0. The molecular formula is H21K6O20P5. The summed E-state index contributed by atoms with van der Waals surface area (Å²) in [6, 6.07) is 0. The van der Waals surface area contributed by atoms with Gasteiger partial charge in [0.2, 0.25) is 0 Å². The van der Waals surface area contributed by atoms with Gasteiger partial charge < -0.3 is 82.0 Å². The number of hydrogen-bond acceptors (Lipinski definition) is 5. The van der Waals surface area contributed by atoms with E-state index in [0.29, 0.717) is 0 Å². The molecule has 0 aromatic rings. The van der Waals surface area contributed by atoms with Gasteiger partial charge in [-0.25, -0.2) is 22.8 Å². The summed E-state index contributed by atoms with van der Waals surface area (Å²) in [4.78, 5) is 108. The second-order valence-corrected chi connectivity index (χ2v) is 7.70. The molecule has 20 nitrogen and oxygen atoms in total. The van der Waals surface area contributed by atoms with Crippen molar-refractivity contribution in [1.29, 1.82) is 0 Å². The van der Waals surface area contributed by atoms with Gasteiger partial charge in [0.15, 0.2) is 0 Å². The summed E-state index contributed by atoms with van der Waals surface area (Å²) in [5, 5.41) is 0. The monoisotopic (exact) mass is 730 g/mol. The van der Waals surface area contributed by atoms with Crippen LogP contribution in [0.3, 0.4) is 0 Å². The molecule has 31 heteroatoms. The Hall–Kier alpha value is 10.4. The van der Waals surface area contributed by atoms with E-state index in [0.717, 1.165) is 0 Å². The summed E-state index contributed by atoms with van der Waals surface area (Å²) in [6.45, 7) is 0. The molecule has 31 heavy (non-hydrogen) atoms. The SMILES string of the molecule is O=P(O)(O)O.O=P(O)(O)O.O=P(O)(O)O.O=P(O)(O)O.O=P(O)(O)O.[H-].[H-].[H-].[H-].[H-].[H-].[K+].[K+].[K+].[K+].[K+].[K+]. The number of hydrogen-bond donors (Lipinski definition) is 15. The maximum Gasteiger partial charge on any atom is 1.00 e. The first kappa shape index (κ1) is 73.1. The van der Waals surface area contributed by atoms with Crippen molar-refractivity contribution in [3.63, 3.8) is 0 Å². The Kier molecular flexibility index (Phi) is 90.5. The van der Waals surface area contributed by atoms with Crippen molar-refractivity contribution < 1.29 is 413 Å². The first-order valence-electron chi connectivity index (χ1n) is 3.91. The molecule has 0 aromatic carbocycles. The van der Waals surface area contributed by atoms with E-state index >= 15 is 0 Å². The standard InChI is InChI=1S/6K.5H3O4P.6H/c;;;;;;5*1-5(2,3)4;;;;;;/h;;;;;;5*(H3,1,2,3,4);;;;;;/q6*+1;;;;;;6*-1. The first-order chi connectivity index (χ1) is 10.0. The van der Waals surface area contributed by atoms with Crippen molar-refractivity contribution in [1.82, 2.24) is 0 Å². The molecule has 0 aliphatic carbocycles. The van der Waals surface area contributed by atoms with Gasteiger partial charge >= 0.3 is 347 Å². The molecule has 0 rings (SSSR count). The van der Waals surface area contributed by atoms with E-state index in [9.17, 15) is 0 Å². The first-order valence-corrected chi connectivity index (χ1v) is 11.7. The molecule has 0 bridgehead atoms. The summed E-state index contributed by atoms with van der Waals surface area (Å²) in [6.07, 6.45) is 0. The predicted octanol–water partition coefficient (Wildman–Crippen LogP) is -21.9. The molecule has 0 aliphatic heterocycles. The summed E-state index contributed by atoms with van der Waals surface area (Å²) >= 11 is 0. The molecule has 0 unspecified atom stereocenters. The van der Waals surface area contributed by atoms with Gasteiger partial charge in [0, 0.05) is 0 Å². The minimum absolute atomic E-state index is 0. The number of phosphoric acid groups is 5. The van der Waals surface area contributed by atoms with Crippen molar-refractivity contribution in [2.75, 3.05) is 0 Å². The van der Waals surface area contributed by atoms with Crippen molar-refractivity contribution in [3.8, 4) is 0 Å². The van der Waals surface area contributed by atoms with Crippen LogP contribution >= 0.6 is 39.1 Å². The molecule has 172 valence electrons. The minimum atomic E-state index is -4.64. The third-order valence-electron chi connectivity index (χ3n) is 0. The van der Waals surface area contributed by atoms with Gasteiger partial charge in [-0.2, -0.15) is 0 Å². The maximum absolute atomic E-state index is 8.88. The zero-order valence-corrected chi connectivity index (χ0v) is 40.2. The van der Waals surface area contributed by atoms with E-state index in [4.69, 9.17) is 96.2 Å². The predicted molar refractivity (Wildman–Crippen MR) is 78.0 cm³/mol. The largest absolute Gasteiger partial charge is 1.00 e. The van der Waals surface area contributed by atoms with Crippen molar-refractivity contribution in [3.05, 3.63) is 0 Å². The Morgan fingerprint density at radius 2 is 0.258 bits per heavy atom. The van der Waals surface area contributed by atoms with E-state index in [-0.39, 0.29) is 317 Å². The zero-order chi connectivity index (χ0) is 22.5. The van der Waals surface area contributed by atoms with Gasteiger partial charge in [-0.1, -0.05) is 0 Å². The van der Waals surface area contributed by atoms with Gasteiger partial charge in [-0.15, -0.1) is 0 Å². The van der Waals surface area contributed by atoms with Crippen LogP contribution in [-0.4, -0.2) is 73.4 Å². The van der Waals surface area contributed by atoms with Crippen LogP contribution < -0.4 is 308 Å². The molecule has 0 amide bonds. The van der Waals surface area contributed by atoms with Gasteiger partial charge in [0.25, 0.3) is 0 Å². The Morgan fingerprint density at radius 1 is 0.258 bits per heavy atom. The quantitative estimate of drug-likeness (QED) is 0.0812. The van der Waals surface area contributed by atoms with E-state index in [1.165, 1.54) is 0 Å². The average Bonchev–Trinajstić information content (AvgIpc) is 1.79. The van der Waals surface area contributed by atoms with Crippen LogP contribution in [-0.2, 0) is 22.8 Å². The molecule has 0 fully saturated rings. The Balaban J connectivity index is -0.00000000833. The van der Waals surface area contributed by atoms with Crippen molar-refractivity contribution in [2.45, 2.75) is 0 Å². The second kappa shape index (κ2) is 38.4. The third-order valence-corrected chi connectivity index (χ3v) is 0. The Morgan fingerprint density at radius 3 is 0.258 bits per heavy atom. The second-order valence-electron chi connectivity index (χ2n) is 2.57. The molecular weight excluding hydrogens is 709 g/mol. The van der Waals surface area contributed by atoms with E-state index < -0.39 is 39.1 Å². The fraction of sp³-hybridized carbons (Fsp3) is 0. The molecule has 0 radical (unpaired) electrons. The molecule has 0 heterocycles. The molecule has 0 saturated carbocycles. The van der Waals surface area contributed by atoms with Gasteiger partial charge in [-0.3, -0.25) is 0 Å². The molecule has 0 aromatic heterocycles. The fourth-order valence-electron chi connectivity index (χ4n) is 0. The van der Waals surface area contributed by atoms with Crippen LogP contribution in [0.5, 0.6) is 0 Å². The summed E-state index contributed by atoms with van der Waals surface area (Å²) in [5.41, 5.74) is 0. The van der Waals surface area contributed by atoms with Gasteiger partial charge in [0.1, 0.15) is 0 Å². The van der Waals surface area contributed by atoms with Gasteiger partial charge in [-0.05, 0) is 0 Å². The van der Waals surface area contributed by atoms with Gasteiger partial charge in [0.05, 0.1) is 0 Å². The Bertz CT molecular complexity index is 411. The smallest absolute Gasteiger partial charge is 1.00 e. The van der Waals surface area contributed by atoms with Crippen LogP contribution in [0.25, 0.3) is 0 Å². The molecule has 0 saturated heterocycles. The van der Waals surface area contributed by atoms with Crippen LogP contribution in [0, 0.1) is 0 Å². The van der Waals surface area contributed by atoms with Crippen LogP contribution in [0.15, 0.2) is 0 Å². The third kappa shape index (κ3) is 553. The minimum Gasteiger partial charge on any atom is -1.00 e. The molecule has 0 aliphatic rings. The summed E-state index contributed by atoms with van der Waals surface area (Å²) < 4.78 is 44.4. The van der Waals surface area contributed by atoms with Crippen molar-refractivity contribution >= 4 is 39.1 Å².